The second kappa shape index (κ2) is 3.77. The molecule has 0 saturated carbocycles. The predicted octanol–water partition coefficient (Wildman–Crippen LogP) is 1.81. The third-order valence-electron chi connectivity index (χ3n) is 2.46. The van der Waals surface area contributed by atoms with Gasteiger partial charge in [0.15, 0.2) is 0 Å². The van der Waals surface area contributed by atoms with Gasteiger partial charge in [0.05, 0.1) is 0 Å². The van der Waals surface area contributed by atoms with E-state index in [0.29, 0.717) is 0 Å². The fourth-order valence-electron chi connectivity index (χ4n) is 1.58. The Kier molecular flexibility index (Phi) is 2.94. The Hall–Kier alpha value is -0.300. The van der Waals surface area contributed by atoms with Gasteiger partial charge in [0.2, 0.25) is 0 Å². The largest absolute Gasteiger partial charge is 0.316 e. The Morgan fingerprint density at radius 3 is 3.10 bits per heavy atom. The molecule has 2 unspecified atom stereocenters. The van der Waals surface area contributed by atoms with Gasteiger partial charge in [-0.05, 0) is 37.8 Å². The third-order valence-corrected chi connectivity index (χ3v) is 2.46. The van der Waals surface area contributed by atoms with Crippen molar-refractivity contribution in [1.82, 2.24) is 5.32 Å². The van der Waals surface area contributed by atoms with Crippen molar-refractivity contribution < 1.29 is 0 Å². The average molecular weight is 139 g/mol. The summed E-state index contributed by atoms with van der Waals surface area (Å²) in [6.45, 7) is 8.49. The van der Waals surface area contributed by atoms with Crippen molar-refractivity contribution in [2.24, 2.45) is 11.8 Å². The van der Waals surface area contributed by atoms with Gasteiger partial charge < -0.3 is 5.32 Å². The first-order valence-electron chi connectivity index (χ1n) is 4.16. The van der Waals surface area contributed by atoms with Crippen LogP contribution in [-0.2, 0) is 0 Å². The number of piperidine rings is 1. The van der Waals surface area contributed by atoms with Crippen LogP contribution in [0.3, 0.4) is 0 Å². The van der Waals surface area contributed by atoms with E-state index in [0.717, 1.165) is 11.8 Å². The molecule has 1 rings (SSSR count). The molecule has 1 aliphatic rings. The summed E-state index contributed by atoms with van der Waals surface area (Å²) in [5.41, 5.74) is 0. The van der Waals surface area contributed by atoms with Crippen molar-refractivity contribution in [3.63, 3.8) is 0 Å². The van der Waals surface area contributed by atoms with Crippen LogP contribution in [0.2, 0.25) is 0 Å². The summed E-state index contributed by atoms with van der Waals surface area (Å²) in [6, 6.07) is 0. The number of hydrogen-bond acceptors (Lipinski definition) is 1. The molecule has 1 saturated heterocycles. The Labute approximate surface area is 63.5 Å². The molecular formula is C9H17N. The molecule has 1 heterocycles. The summed E-state index contributed by atoms with van der Waals surface area (Å²) >= 11 is 0. The molecule has 0 radical (unpaired) electrons. The van der Waals surface area contributed by atoms with Gasteiger partial charge in [-0.15, -0.1) is 6.58 Å². The average Bonchev–Trinajstić information content (AvgIpc) is 1.94. The van der Waals surface area contributed by atoms with E-state index in [9.17, 15) is 0 Å². The zero-order chi connectivity index (χ0) is 7.40. The molecule has 1 N–H and O–H groups in total. The molecule has 10 heavy (non-hydrogen) atoms. The van der Waals surface area contributed by atoms with E-state index in [1.54, 1.807) is 0 Å². The first kappa shape index (κ1) is 7.80. The van der Waals surface area contributed by atoms with Crippen LogP contribution in [0.5, 0.6) is 0 Å². The van der Waals surface area contributed by atoms with Crippen molar-refractivity contribution in [1.29, 1.82) is 0 Å². The number of nitrogens with one attached hydrogen (secondary N) is 1. The lowest BCUT2D eigenvalue weighted by Gasteiger charge is -2.28. The van der Waals surface area contributed by atoms with Crippen molar-refractivity contribution in [3.8, 4) is 0 Å². The van der Waals surface area contributed by atoms with Gasteiger partial charge in [-0.3, -0.25) is 0 Å². The molecule has 0 aliphatic carbocycles. The van der Waals surface area contributed by atoms with Crippen LogP contribution in [0.4, 0.5) is 0 Å². The van der Waals surface area contributed by atoms with Gasteiger partial charge in [0, 0.05) is 0 Å². The predicted molar refractivity (Wildman–Crippen MR) is 45.0 cm³/mol. The maximum absolute atomic E-state index is 3.76. The van der Waals surface area contributed by atoms with Crippen LogP contribution < -0.4 is 5.32 Å². The molecule has 1 heteroatoms. The van der Waals surface area contributed by atoms with Crippen molar-refractivity contribution >= 4 is 0 Å². The van der Waals surface area contributed by atoms with Gasteiger partial charge in [-0.25, -0.2) is 0 Å². The molecule has 1 nitrogen and oxygen atoms in total. The SMILES string of the molecule is C=CCC1CNCCC1C. The quantitative estimate of drug-likeness (QED) is 0.575. The monoisotopic (exact) mass is 139 g/mol. The standard InChI is InChI=1S/C9H17N/c1-3-4-9-7-10-6-5-8(9)2/h3,8-10H,1,4-7H2,2H3. The van der Waals surface area contributed by atoms with E-state index < -0.39 is 0 Å². The first-order valence-corrected chi connectivity index (χ1v) is 4.16. The minimum absolute atomic E-state index is 0.839. The Balaban J connectivity index is 2.32. The van der Waals surface area contributed by atoms with E-state index >= 15 is 0 Å². The number of rotatable bonds is 2. The van der Waals surface area contributed by atoms with E-state index in [4.69, 9.17) is 0 Å². The van der Waals surface area contributed by atoms with E-state index in [1.165, 1.54) is 25.9 Å². The second-order valence-electron chi connectivity index (χ2n) is 3.25. The summed E-state index contributed by atoms with van der Waals surface area (Å²) in [5, 5.41) is 3.40. The number of allylic oxidation sites excluding steroid dienone is 1. The summed E-state index contributed by atoms with van der Waals surface area (Å²) in [4.78, 5) is 0. The van der Waals surface area contributed by atoms with Crippen LogP contribution >= 0.6 is 0 Å². The molecular weight excluding hydrogens is 122 g/mol. The van der Waals surface area contributed by atoms with Crippen LogP contribution in [0.1, 0.15) is 19.8 Å². The maximum atomic E-state index is 3.76. The van der Waals surface area contributed by atoms with E-state index in [-0.39, 0.29) is 0 Å². The summed E-state index contributed by atoms with van der Waals surface area (Å²) < 4.78 is 0. The van der Waals surface area contributed by atoms with E-state index in [1.807, 2.05) is 6.08 Å². The summed E-state index contributed by atoms with van der Waals surface area (Å²) in [5.74, 6) is 1.73. The second-order valence-corrected chi connectivity index (χ2v) is 3.25. The lowest BCUT2D eigenvalue weighted by atomic mass is 9.86. The van der Waals surface area contributed by atoms with Crippen molar-refractivity contribution in [3.05, 3.63) is 12.7 Å². The van der Waals surface area contributed by atoms with Gasteiger partial charge in [-0.2, -0.15) is 0 Å². The van der Waals surface area contributed by atoms with Crippen LogP contribution in [-0.4, -0.2) is 13.1 Å². The molecule has 0 aromatic heterocycles. The summed E-state index contributed by atoms with van der Waals surface area (Å²) in [6.07, 6.45) is 4.54. The van der Waals surface area contributed by atoms with Crippen LogP contribution in [0, 0.1) is 11.8 Å². The zero-order valence-corrected chi connectivity index (χ0v) is 6.77. The minimum atomic E-state index is 0.839. The minimum Gasteiger partial charge on any atom is -0.316 e. The molecule has 0 bridgehead atoms. The highest BCUT2D eigenvalue weighted by molar-refractivity contribution is 4.81. The Morgan fingerprint density at radius 2 is 2.50 bits per heavy atom. The molecule has 0 spiro atoms. The molecule has 0 aromatic carbocycles. The molecule has 2 atom stereocenters. The van der Waals surface area contributed by atoms with Gasteiger partial charge in [-0.1, -0.05) is 13.0 Å². The first-order chi connectivity index (χ1) is 4.84. The molecule has 58 valence electrons. The smallest absolute Gasteiger partial charge is 0.00150 e. The highest BCUT2D eigenvalue weighted by Gasteiger charge is 2.18. The highest BCUT2D eigenvalue weighted by atomic mass is 14.9. The van der Waals surface area contributed by atoms with Gasteiger partial charge in [0.25, 0.3) is 0 Å². The normalized spacial score (nSPS) is 33.7. The summed E-state index contributed by atoms with van der Waals surface area (Å²) in [7, 11) is 0. The Morgan fingerprint density at radius 1 is 1.70 bits per heavy atom. The molecule has 0 amide bonds. The zero-order valence-electron chi connectivity index (χ0n) is 6.77. The highest BCUT2D eigenvalue weighted by Crippen LogP contribution is 2.21. The van der Waals surface area contributed by atoms with Crippen LogP contribution in [0.15, 0.2) is 12.7 Å². The third kappa shape index (κ3) is 1.84. The maximum Gasteiger partial charge on any atom is -0.00150 e. The van der Waals surface area contributed by atoms with Gasteiger partial charge >= 0.3 is 0 Å². The fraction of sp³-hybridized carbons (Fsp3) is 0.778. The van der Waals surface area contributed by atoms with Crippen LogP contribution in [0.25, 0.3) is 0 Å². The fourth-order valence-corrected chi connectivity index (χ4v) is 1.58. The van der Waals surface area contributed by atoms with Crippen molar-refractivity contribution in [2.45, 2.75) is 19.8 Å². The number of hydrogen-bond donors (Lipinski definition) is 1. The van der Waals surface area contributed by atoms with Crippen molar-refractivity contribution in [2.75, 3.05) is 13.1 Å². The Bertz CT molecular complexity index is 109. The van der Waals surface area contributed by atoms with E-state index in [2.05, 4.69) is 18.8 Å². The topological polar surface area (TPSA) is 12.0 Å². The van der Waals surface area contributed by atoms with Gasteiger partial charge in [0.1, 0.15) is 0 Å². The molecule has 0 aromatic rings. The molecule has 1 fully saturated rings. The molecule has 1 aliphatic heterocycles. The lowest BCUT2D eigenvalue weighted by Crippen LogP contribution is -2.34. The lowest BCUT2D eigenvalue weighted by molar-refractivity contribution is 0.276.